The highest BCUT2D eigenvalue weighted by molar-refractivity contribution is 5.09. The van der Waals surface area contributed by atoms with Crippen LogP contribution in [-0.4, -0.2) is 18.6 Å². The summed E-state index contributed by atoms with van der Waals surface area (Å²) in [4.78, 5) is 0. The Labute approximate surface area is 154 Å². The summed E-state index contributed by atoms with van der Waals surface area (Å²) >= 11 is 0. The topological polar surface area (TPSA) is 9.23 Å². The molecule has 3 fully saturated rings. The molecule has 0 aromatic carbocycles. The first-order chi connectivity index (χ1) is 12.4. The number of ether oxygens (including phenoxy) is 1. The molecule has 3 rings (SSSR count). The van der Waals surface area contributed by atoms with Crippen LogP contribution >= 0.6 is 0 Å². The molecule has 2 radical (unpaired) electrons. The number of alkyl halides is 4. The zero-order valence-electron chi connectivity index (χ0n) is 15.4. The van der Waals surface area contributed by atoms with E-state index in [4.69, 9.17) is 0 Å². The lowest BCUT2D eigenvalue weighted by Crippen LogP contribution is -2.39. The van der Waals surface area contributed by atoms with E-state index in [-0.39, 0.29) is 18.8 Å². The van der Waals surface area contributed by atoms with Crippen LogP contribution in [0.5, 0.6) is 0 Å². The average Bonchev–Trinajstić information content (AvgIpc) is 2.63. The molecule has 0 amide bonds. The summed E-state index contributed by atoms with van der Waals surface area (Å²) in [5, 5.41) is 0. The third-order valence-electron chi connectivity index (χ3n) is 6.79. The highest BCUT2D eigenvalue weighted by atomic mass is 19.4. The quantitative estimate of drug-likeness (QED) is 0.391. The first-order valence-corrected chi connectivity index (χ1v) is 10.1. The van der Waals surface area contributed by atoms with E-state index in [2.05, 4.69) is 17.4 Å². The summed E-state index contributed by atoms with van der Waals surface area (Å²) in [5.41, 5.74) is 0. The number of hydrogen-bond acceptors (Lipinski definition) is 1. The van der Waals surface area contributed by atoms with Crippen molar-refractivity contribution in [3.8, 4) is 0 Å². The second-order valence-corrected chi connectivity index (χ2v) is 8.29. The molecule has 1 nitrogen and oxygen atoms in total. The maximum Gasteiger partial charge on any atom is 0.522 e. The molecule has 26 heavy (non-hydrogen) atoms. The van der Waals surface area contributed by atoms with E-state index in [0.717, 1.165) is 25.7 Å². The second kappa shape index (κ2) is 8.62. The Morgan fingerprint density at radius 2 is 1.42 bits per heavy atom. The molecule has 0 saturated heterocycles. The van der Waals surface area contributed by atoms with Gasteiger partial charge in [-0.05, 0) is 100 Å². The molecule has 3 aliphatic carbocycles. The van der Waals surface area contributed by atoms with Crippen molar-refractivity contribution in [2.24, 2.45) is 17.8 Å². The number of rotatable bonds is 4. The zero-order valence-corrected chi connectivity index (χ0v) is 15.4. The van der Waals surface area contributed by atoms with Gasteiger partial charge in [-0.2, -0.15) is 0 Å². The molecule has 0 heterocycles. The molecule has 0 aromatic rings. The second-order valence-electron chi connectivity index (χ2n) is 8.29. The third-order valence-corrected chi connectivity index (χ3v) is 6.79. The van der Waals surface area contributed by atoms with Gasteiger partial charge in [-0.25, -0.2) is 4.39 Å². The molecule has 0 N–H and O–H groups in total. The Kier molecular flexibility index (Phi) is 6.68. The SMILES string of the molecule is C=CC1CC[C](C2CC[C](C3CCC(OC(F)(F)F)C(F)C3)CC2)CC1. The zero-order chi connectivity index (χ0) is 18.7. The molecule has 0 aromatic heterocycles. The monoisotopic (exact) mass is 374 g/mol. The summed E-state index contributed by atoms with van der Waals surface area (Å²) in [6, 6.07) is 0. The van der Waals surface area contributed by atoms with Crippen molar-refractivity contribution in [3.05, 3.63) is 24.5 Å². The van der Waals surface area contributed by atoms with Crippen LogP contribution < -0.4 is 0 Å². The fourth-order valence-electron chi connectivity index (χ4n) is 5.22. The van der Waals surface area contributed by atoms with Crippen molar-refractivity contribution in [1.82, 2.24) is 0 Å². The minimum absolute atomic E-state index is 0.139. The predicted octanol–water partition coefficient (Wildman–Crippen LogP) is 6.74. The first kappa shape index (κ1) is 20.2. The van der Waals surface area contributed by atoms with Gasteiger partial charge in [0.25, 0.3) is 0 Å². The lowest BCUT2D eigenvalue weighted by molar-refractivity contribution is -0.351. The van der Waals surface area contributed by atoms with E-state index < -0.39 is 18.6 Å². The summed E-state index contributed by atoms with van der Waals surface area (Å²) in [6.45, 7) is 3.90. The van der Waals surface area contributed by atoms with Gasteiger partial charge in [-0.1, -0.05) is 6.08 Å². The standard InChI is InChI=1S/C21H30F4O/c1-2-14-3-5-15(6-4-14)16-7-9-17(10-8-16)18-11-12-20(19(22)13-18)26-21(23,24)25/h2,14,16,18-20H,1,3-13H2. The number of allylic oxidation sites excluding steroid dienone is 1. The van der Waals surface area contributed by atoms with Crippen molar-refractivity contribution >= 4 is 0 Å². The van der Waals surface area contributed by atoms with Crippen LogP contribution in [0.4, 0.5) is 17.6 Å². The Morgan fingerprint density at radius 3 is 1.96 bits per heavy atom. The maximum atomic E-state index is 14.2. The van der Waals surface area contributed by atoms with Crippen molar-refractivity contribution < 1.29 is 22.3 Å². The Bertz CT molecular complexity index is 447. The Balaban J connectivity index is 1.42. The van der Waals surface area contributed by atoms with Crippen LogP contribution in [0, 0.1) is 29.6 Å². The van der Waals surface area contributed by atoms with Crippen molar-refractivity contribution in [1.29, 1.82) is 0 Å². The van der Waals surface area contributed by atoms with Crippen LogP contribution in [0.15, 0.2) is 12.7 Å². The van der Waals surface area contributed by atoms with Gasteiger partial charge in [0, 0.05) is 0 Å². The lowest BCUT2D eigenvalue weighted by Gasteiger charge is -2.41. The van der Waals surface area contributed by atoms with Gasteiger partial charge in [0.15, 0.2) is 0 Å². The minimum atomic E-state index is -4.74. The van der Waals surface area contributed by atoms with E-state index >= 15 is 0 Å². The van der Waals surface area contributed by atoms with Crippen molar-refractivity contribution in [3.63, 3.8) is 0 Å². The summed E-state index contributed by atoms with van der Waals surface area (Å²) < 4.78 is 55.1. The highest BCUT2D eigenvalue weighted by Crippen LogP contribution is 2.48. The average molecular weight is 374 g/mol. The smallest absolute Gasteiger partial charge is 0.286 e. The fraction of sp³-hybridized carbons (Fsp3) is 0.810. The van der Waals surface area contributed by atoms with Crippen LogP contribution in [-0.2, 0) is 4.74 Å². The molecule has 3 saturated carbocycles. The largest absolute Gasteiger partial charge is 0.522 e. The van der Waals surface area contributed by atoms with Crippen molar-refractivity contribution in [2.45, 2.75) is 89.3 Å². The molecule has 3 unspecified atom stereocenters. The van der Waals surface area contributed by atoms with Gasteiger partial charge in [0.1, 0.15) is 6.17 Å². The molecule has 3 aliphatic rings. The third kappa shape index (κ3) is 5.24. The fourth-order valence-corrected chi connectivity index (χ4v) is 5.22. The molecule has 0 spiro atoms. The molecule has 0 bridgehead atoms. The van der Waals surface area contributed by atoms with E-state index in [1.54, 1.807) is 5.92 Å². The van der Waals surface area contributed by atoms with Gasteiger partial charge in [0.2, 0.25) is 0 Å². The van der Waals surface area contributed by atoms with Gasteiger partial charge >= 0.3 is 6.36 Å². The van der Waals surface area contributed by atoms with Gasteiger partial charge < -0.3 is 0 Å². The first-order valence-electron chi connectivity index (χ1n) is 10.1. The molecule has 0 aliphatic heterocycles. The molecular weight excluding hydrogens is 344 g/mol. The van der Waals surface area contributed by atoms with Crippen molar-refractivity contribution in [2.75, 3.05) is 0 Å². The van der Waals surface area contributed by atoms with E-state index in [0.29, 0.717) is 18.3 Å². The normalized spacial score (nSPS) is 34.1. The molecular formula is C21H30F4O. The van der Waals surface area contributed by atoms with Crippen LogP contribution in [0.3, 0.4) is 0 Å². The van der Waals surface area contributed by atoms with Crippen LogP contribution in [0.25, 0.3) is 0 Å². The summed E-state index contributed by atoms with van der Waals surface area (Å²) in [6.07, 6.45) is 4.66. The maximum absolute atomic E-state index is 14.2. The minimum Gasteiger partial charge on any atom is -0.286 e. The number of halogens is 4. The van der Waals surface area contributed by atoms with Crippen LogP contribution in [0.1, 0.15) is 70.6 Å². The van der Waals surface area contributed by atoms with Crippen LogP contribution in [0.2, 0.25) is 0 Å². The molecule has 148 valence electrons. The molecule has 5 heteroatoms. The Hall–Kier alpha value is -0.580. The van der Waals surface area contributed by atoms with Gasteiger partial charge in [-0.3, -0.25) is 4.74 Å². The van der Waals surface area contributed by atoms with Gasteiger partial charge in [0.05, 0.1) is 6.10 Å². The van der Waals surface area contributed by atoms with Gasteiger partial charge in [-0.15, -0.1) is 19.8 Å². The highest BCUT2D eigenvalue weighted by Gasteiger charge is 2.42. The van der Waals surface area contributed by atoms with E-state index in [1.165, 1.54) is 31.6 Å². The van der Waals surface area contributed by atoms with E-state index in [1.807, 2.05) is 0 Å². The summed E-state index contributed by atoms with van der Waals surface area (Å²) in [7, 11) is 0. The molecule has 3 atom stereocenters. The summed E-state index contributed by atoms with van der Waals surface area (Å²) in [5.74, 6) is 4.58. The Morgan fingerprint density at radius 1 is 0.846 bits per heavy atom. The van der Waals surface area contributed by atoms with E-state index in [9.17, 15) is 17.6 Å². The number of hydrogen-bond donors (Lipinski definition) is 0. The predicted molar refractivity (Wildman–Crippen MR) is 93.8 cm³/mol. The lowest BCUT2D eigenvalue weighted by atomic mass is 9.65.